The first-order valence-electron chi connectivity index (χ1n) is 6.00. The zero-order valence-corrected chi connectivity index (χ0v) is 11.6. The molecule has 88 valence electrons. The molecule has 0 saturated heterocycles. The summed E-state index contributed by atoms with van der Waals surface area (Å²) in [6.45, 7) is 4.41. The van der Waals surface area contributed by atoms with E-state index in [1.807, 2.05) is 12.3 Å². The van der Waals surface area contributed by atoms with Crippen LogP contribution in [-0.4, -0.2) is 10.5 Å². The van der Waals surface area contributed by atoms with Crippen LogP contribution in [0.1, 0.15) is 44.6 Å². The summed E-state index contributed by atoms with van der Waals surface area (Å²) < 4.78 is 1.10. The highest BCUT2D eigenvalue weighted by Gasteiger charge is 2.27. The number of rotatable bonds is 2. The average molecular weight is 283 g/mol. The van der Waals surface area contributed by atoms with Crippen molar-refractivity contribution in [2.45, 2.75) is 51.5 Å². The van der Waals surface area contributed by atoms with Crippen molar-refractivity contribution in [2.75, 3.05) is 5.32 Å². The van der Waals surface area contributed by atoms with Crippen molar-refractivity contribution in [1.29, 1.82) is 0 Å². The molecule has 0 unspecified atom stereocenters. The van der Waals surface area contributed by atoms with Gasteiger partial charge in [0.15, 0.2) is 0 Å². The maximum atomic E-state index is 4.42. The quantitative estimate of drug-likeness (QED) is 0.876. The molecule has 2 nitrogen and oxygen atoms in total. The van der Waals surface area contributed by atoms with Gasteiger partial charge in [-0.05, 0) is 54.2 Å². The fraction of sp³-hybridized carbons (Fsp3) is 0.615. The number of pyridine rings is 1. The summed E-state index contributed by atoms with van der Waals surface area (Å²) in [4.78, 5) is 4.42. The molecule has 0 aromatic carbocycles. The Morgan fingerprint density at radius 3 is 2.69 bits per heavy atom. The van der Waals surface area contributed by atoms with Gasteiger partial charge >= 0.3 is 0 Å². The molecule has 3 heteroatoms. The molecular formula is C13H19BrN2. The molecule has 0 bridgehead atoms. The fourth-order valence-electron chi connectivity index (χ4n) is 2.37. The Kier molecular flexibility index (Phi) is 3.53. The minimum absolute atomic E-state index is 0.224. The van der Waals surface area contributed by atoms with Crippen LogP contribution in [0.2, 0.25) is 0 Å². The van der Waals surface area contributed by atoms with E-state index < -0.39 is 0 Å². The molecule has 2 rings (SSSR count). The molecule has 0 aliphatic heterocycles. The van der Waals surface area contributed by atoms with E-state index >= 15 is 0 Å². The predicted octanol–water partition coefficient (Wildman–Crippen LogP) is 4.29. The van der Waals surface area contributed by atoms with Gasteiger partial charge in [-0.3, -0.25) is 0 Å². The summed E-state index contributed by atoms with van der Waals surface area (Å²) >= 11 is 3.61. The minimum atomic E-state index is 0.224. The molecule has 0 amide bonds. The van der Waals surface area contributed by atoms with Crippen LogP contribution in [0.4, 0.5) is 5.82 Å². The Morgan fingerprint density at radius 1 is 1.31 bits per heavy atom. The van der Waals surface area contributed by atoms with Gasteiger partial charge < -0.3 is 5.32 Å². The average Bonchev–Trinajstić information content (AvgIpc) is 2.26. The Labute approximate surface area is 106 Å². The van der Waals surface area contributed by atoms with Crippen LogP contribution in [-0.2, 0) is 0 Å². The molecule has 1 aliphatic carbocycles. The highest BCUT2D eigenvalue weighted by Crippen LogP contribution is 2.33. The standard InChI is InChI=1S/C13H19BrN2/c1-10-6-9-15-12(11(10)14)16-13(2)7-4-3-5-8-13/h6,9H,3-5,7-8H2,1-2H3,(H,15,16). The summed E-state index contributed by atoms with van der Waals surface area (Å²) in [5, 5.41) is 3.61. The molecule has 1 aromatic heterocycles. The first kappa shape index (κ1) is 11.9. The van der Waals surface area contributed by atoms with Gasteiger partial charge in [0.05, 0.1) is 4.47 Å². The van der Waals surface area contributed by atoms with Gasteiger partial charge in [-0.15, -0.1) is 0 Å². The lowest BCUT2D eigenvalue weighted by Gasteiger charge is -2.35. The van der Waals surface area contributed by atoms with Crippen LogP contribution >= 0.6 is 15.9 Å². The zero-order valence-electron chi connectivity index (χ0n) is 10.0. The summed E-state index contributed by atoms with van der Waals surface area (Å²) in [6.07, 6.45) is 8.39. The van der Waals surface area contributed by atoms with E-state index in [1.165, 1.54) is 37.7 Å². The number of aryl methyl sites for hydroxylation is 1. The van der Waals surface area contributed by atoms with E-state index in [2.05, 4.69) is 40.1 Å². The lowest BCUT2D eigenvalue weighted by molar-refractivity contribution is 0.348. The van der Waals surface area contributed by atoms with Crippen LogP contribution in [0.25, 0.3) is 0 Å². The molecule has 0 radical (unpaired) electrons. The Morgan fingerprint density at radius 2 is 2.00 bits per heavy atom. The molecule has 1 saturated carbocycles. The summed E-state index contributed by atoms with van der Waals surface area (Å²) in [6, 6.07) is 2.03. The van der Waals surface area contributed by atoms with Gasteiger partial charge in [-0.25, -0.2) is 4.98 Å². The normalized spacial score (nSPS) is 19.4. The molecule has 1 fully saturated rings. The van der Waals surface area contributed by atoms with Gasteiger partial charge in [0.2, 0.25) is 0 Å². The van der Waals surface area contributed by atoms with Crippen molar-refractivity contribution in [1.82, 2.24) is 4.98 Å². The summed E-state index contributed by atoms with van der Waals surface area (Å²) in [5.74, 6) is 0.990. The Balaban J connectivity index is 2.16. The summed E-state index contributed by atoms with van der Waals surface area (Å²) in [5.41, 5.74) is 1.46. The van der Waals surface area contributed by atoms with E-state index in [9.17, 15) is 0 Å². The van der Waals surface area contributed by atoms with Crippen LogP contribution < -0.4 is 5.32 Å². The van der Waals surface area contributed by atoms with Crippen molar-refractivity contribution in [3.05, 3.63) is 22.3 Å². The maximum Gasteiger partial charge on any atom is 0.140 e. The Bertz CT molecular complexity index is 370. The van der Waals surface area contributed by atoms with Crippen LogP contribution in [0.15, 0.2) is 16.7 Å². The van der Waals surface area contributed by atoms with Gasteiger partial charge in [-0.1, -0.05) is 19.3 Å². The van der Waals surface area contributed by atoms with Gasteiger partial charge in [-0.2, -0.15) is 0 Å². The van der Waals surface area contributed by atoms with Crippen molar-refractivity contribution in [3.63, 3.8) is 0 Å². The SMILES string of the molecule is Cc1ccnc(NC2(C)CCCCC2)c1Br. The van der Waals surface area contributed by atoms with Crippen molar-refractivity contribution in [3.8, 4) is 0 Å². The first-order chi connectivity index (χ1) is 7.61. The second-order valence-electron chi connectivity index (χ2n) is 5.04. The second kappa shape index (κ2) is 4.74. The molecule has 1 aromatic rings. The number of hydrogen-bond acceptors (Lipinski definition) is 2. The van der Waals surface area contributed by atoms with E-state index in [1.54, 1.807) is 0 Å². The molecular weight excluding hydrogens is 264 g/mol. The molecule has 1 aliphatic rings. The van der Waals surface area contributed by atoms with E-state index in [0.29, 0.717) is 0 Å². The monoisotopic (exact) mass is 282 g/mol. The highest BCUT2D eigenvalue weighted by atomic mass is 79.9. The van der Waals surface area contributed by atoms with Crippen molar-refractivity contribution >= 4 is 21.7 Å². The highest BCUT2D eigenvalue weighted by molar-refractivity contribution is 9.10. The van der Waals surface area contributed by atoms with Crippen molar-refractivity contribution < 1.29 is 0 Å². The van der Waals surface area contributed by atoms with Gasteiger partial charge in [0, 0.05) is 11.7 Å². The molecule has 1 heterocycles. The third kappa shape index (κ3) is 2.57. The second-order valence-corrected chi connectivity index (χ2v) is 5.83. The fourth-order valence-corrected chi connectivity index (χ4v) is 2.70. The summed E-state index contributed by atoms with van der Waals surface area (Å²) in [7, 11) is 0. The van der Waals surface area contributed by atoms with E-state index in [-0.39, 0.29) is 5.54 Å². The lowest BCUT2D eigenvalue weighted by atomic mass is 9.83. The molecule has 1 N–H and O–H groups in total. The van der Waals surface area contributed by atoms with Crippen molar-refractivity contribution in [2.24, 2.45) is 0 Å². The number of nitrogens with one attached hydrogen (secondary N) is 1. The van der Waals surface area contributed by atoms with Crippen LogP contribution in [0.3, 0.4) is 0 Å². The first-order valence-corrected chi connectivity index (χ1v) is 6.79. The zero-order chi connectivity index (χ0) is 11.6. The van der Waals surface area contributed by atoms with Gasteiger partial charge in [0.1, 0.15) is 5.82 Å². The minimum Gasteiger partial charge on any atom is -0.364 e. The number of anilines is 1. The number of aromatic nitrogens is 1. The molecule has 0 atom stereocenters. The maximum absolute atomic E-state index is 4.42. The van der Waals surface area contributed by atoms with Gasteiger partial charge in [0.25, 0.3) is 0 Å². The van der Waals surface area contributed by atoms with Crippen LogP contribution in [0, 0.1) is 6.92 Å². The topological polar surface area (TPSA) is 24.9 Å². The van der Waals surface area contributed by atoms with E-state index in [0.717, 1.165) is 10.3 Å². The predicted molar refractivity (Wildman–Crippen MR) is 71.8 cm³/mol. The van der Waals surface area contributed by atoms with Crippen LogP contribution in [0.5, 0.6) is 0 Å². The Hall–Kier alpha value is -0.570. The lowest BCUT2D eigenvalue weighted by Crippen LogP contribution is -2.37. The number of halogens is 1. The largest absolute Gasteiger partial charge is 0.364 e. The molecule has 0 spiro atoms. The third-order valence-electron chi connectivity index (χ3n) is 3.46. The number of hydrogen-bond donors (Lipinski definition) is 1. The number of nitrogens with zero attached hydrogens (tertiary/aromatic N) is 1. The molecule has 16 heavy (non-hydrogen) atoms. The smallest absolute Gasteiger partial charge is 0.140 e. The van der Waals surface area contributed by atoms with E-state index in [4.69, 9.17) is 0 Å². The third-order valence-corrected chi connectivity index (χ3v) is 4.46.